The number of benzene rings is 3. The lowest BCUT2D eigenvalue weighted by Gasteiger charge is -2.09. The van der Waals surface area contributed by atoms with Gasteiger partial charge in [0.25, 0.3) is 0 Å². The zero-order valence-electron chi connectivity index (χ0n) is 26.3. The average Bonchev–Trinajstić information content (AvgIpc) is 2.87. The van der Waals surface area contributed by atoms with E-state index >= 15 is 0 Å². The number of carbonyl (C=O) groups is 3. The van der Waals surface area contributed by atoms with E-state index in [0.717, 1.165) is 10.8 Å². The van der Waals surface area contributed by atoms with Crippen LogP contribution in [0, 0.1) is 29.5 Å². The second-order valence-electron chi connectivity index (χ2n) is 11.8. The van der Waals surface area contributed by atoms with Crippen LogP contribution in [0.2, 0.25) is 0 Å². The molecule has 0 N–H and O–H groups in total. The van der Waals surface area contributed by atoms with Crippen LogP contribution >= 0.6 is 0 Å². The molecule has 0 radical (unpaired) electrons. The van der Waals surface area contributed by atoms with Gasteiger partial charge in [0.15, 0.2) is 0 Å². The van der Waals surface area contributed by atoms with Crippen molar-refractivity contribution < 1.29 is 33.0 Å². The molecule has 230 valence electrons. The summed E-state index contributed by atoms with van der Waals surface area (Å²) >= 11 is 0. The van der Waals surface area contributed by atoms with Gasteiger partial charge in [0.2, 0.25) is 0 Å². The van der Waals surface area contributed by atoms with Gasteiger partial charge >= 0.3 is 17.9 Å². The lowest BCUT2D eigenvalue weighted by molar-refractivity contribution is -0.145. The molecule has 0 bridgehead atoms. The third-order valence-corrected chi connectivity index (χ3v) is 5.30. The Morgan fingerprint density at radius 3 is 1.71 bits per heavy atom. The molecule has 3 aromatic carbocycles. The van der Waals surface area contributed by atoms with Gasteiger partial charge in [-0.15, -0.1) is 0 Å². The Morgan fingerprint density at radius 1 is 0.619 bits per heavy atom. The minimum atomic E-state index is -0.298. The molecule has 0 saturated heterocycles. The highest BCUT2D eigenvalue weighted by molar-refractivity contribution is 5.90. The van der Waals surface area contributed by atoms with Crippen LogP contribution < -0.4 is 9.47 Å². The molecule has 0 fully saturated rings. The van der Waals surface area contributed by atoms with E-state index in [9.17, 15) is 18.8 Å². The van der Waals surface area contributed by atoms with Crippen LogP contribution in [0.4, 0.5) is 4.39 Å². The van der Waals surface area contributed by atoms with Crippen molar-refractivity contribution in [2.24, 2.45) is 23.7 Å². The van der Waals surface area contributed by atoms with Crippen LogP contribution in [-0.2, 0) is 19.1 Å². The van der Waals surface area contributed by atoms with Gasteiger partial charge < -0.3 is 14.2 Å². The Morgan fingerprint density at radius 2 is 1.17 bits per heavy atom. The molecule has 0 atom stereocenters. The third-order valence-electron chi connectivity index (χ3n) is 5.30. The summed E-state index contributed by atoms with van der Waals surface area (Å²) in [6, 6.07) is 18.8. The Bertz CT molecular complexity index is 1230. The van der Waals surface area contributed by atoms with Crippen molar-refractivity contribution >= 4 is 28.7 Å². The standard InChI is InChI=1S/C15H15FO2.C11H14O2.C9H18O2/c1-10(2)8-15(17)18-14-5-3-4-11-9-12(16)6-7-13(11)14;1-9(2)8-11(12)13-10-6-4-3-5-7-10;1-7(2)5-9(10)11-6-8(3)4/h3-7,9-10H,8H2,1-2H3;3-7,9H,8H2,1-2H3;7-8H,5-6H2,1-4H3. The molecule has 0 aliphatic rings. The molecule has 42 heavy (non-hydrogen) atoms. The van der Waals surface area contributed by atoms with Crippen LogP contribution in [-0.4, -0.2) is 24.5 Å². The smallest absolute Gasteiger partial charge is 0.311 e. The van der Waals surface area contributed by atoms with E-state index in [2.05, 4.69) is 0 Å². The molecular formula is C35H47FO6. The summed E-state index contributed by atoms with van der Waals surface area (Å²) < 4.78 is 28.5. The fourth-order valence-corrected chi connectivity index (χ4v) is 3.46. The lowest BCUT2D eigenvalue weighted by atomic mass is 10.1. The van der Waals surface area contributed by atoms with Crippen molar-refractivity contribution in [3.8, 4) is 11.5 Å². The first kappa shape index (κ1) is 36.3. The quantitative estimate of drug-likeness (QED) is 0.176. The van der Waals surface area contributed by atoms with Crippen LogP contribution in [0.3, 0.4) is 0 Å². The van der Waals surface area contributed by atoms with Gasteiger partial charge in [-0.1, -0.05) is 85.7 Å². The molecule has 3 rings (SSSR count). The summed E-state index contributed by atoms with van der Waals surface area (Å²) in [5.41, 5.74) is 0. The van der Waals surface area contributed by atoms with E-state index in [1.807, 2.05) is 73.6 Å². The molecule has 0 spiro atoms. The van der Waals surface area contributed by atoms with Crippen LogP contribution in [0.15, 0.2) is 66.7 Å². The molecule has 6 nitrogen and oxygen atoms in total. The maximum atomic E-state index is 13.1. The monoisotopic (exact) mass is 582 g/mol. The Kier molecular flexibility index (Phi) is 16.8. The molecule has 0 aliphatic carbocycles. The van der Waals surface area contributed by atoms with Crippen molar-refractivity contribution in [3.05, 3.63) is 72.5 Å². The molecular weight excluding hydrogens is 535 g/mol. The number of hydrogen-bond donors (Lipinski definition) is 0. The maximum absolute atomic E-state index is 13.1. The van der Waals surface area contributed by atoms with Crippen molar-refractivity contribution in [2.45, 2.75) is 74.7 Å². The van der Waals surface area contributed by atoms with Crippen molar-refractivity contribution in [1.29, 1.82) is 0 Å². The minimum Gasteiger partial charge on any atom is -0.465 e. The van der Waals surface area contributed by atoms with Gasteiger partial charge in [-0.25, -0.2) is 4.39 Å². The lowest BCUT2D eigenvalue weighted by Crippen LogP contribution is -2.11. The maximum Gasteiger partial charge on any atom is 0.311 e. The zero-order chi connectivity index (χ0) is 31.7. The molecule has 0 aromatic heterocycles. The molecule has 0 saturated carbocycles. The molecule has 0 unspecified atom stereocenters. The van der Waals surface area contributed by atoms with E-state index in [4.69, 9.17) is 14.2 Å². The molecule has 3 aromatic rings. The van der Waals surface area contributed by atoms with E-state index in [0.29, 0.717) is 55.1 Å². The first-order valence-electron chi connectivity index (χ1n) is 14.6. The highest BCUT2D eigenvalue weighted by atomic mass is 19.1. The SMILES string of the molecule is CC(C)CC(=O)Oc1cccc2cc(F)ccc12.CC(C)CC(=O)Oc1ccccc1.CC(C)COC(=O)CC(C)C. The number of rotatable bonds is 10. The predicted molar refractivity (Wildman–Crippen MR) is 166 cm³/mol. The summed E-state index contributed by atoms with van der Waals surface area (Å²) in [6.45, 7) is 16.5. The number of hydrogen-bond acceptors (Lipinski definition) is 6. The normalized spacial score (nSPS) is 10.6. The minimum absolute atomic E-state index is 0.0753. The van der Waals surface area contributed by atoms with Crippen molar-refractivity contribution in [1.82, 2.24) is 0 Å². The summed E-state index contributed by atoms with van der Waals surface area (Å²) in [5, 5.41) is 1.47. The Hall–Kier alpha value is -3.74. The predicted octanol–water partition coefficient (Wildman–Crippen LogP) is 8.80. The highest BCUT2D eigenvalue weighted by Gasteiger charge is 2.10. The van der Waals surface area contributed by atoms with E-state index < -0.39 is 0 Å². The van der Waals surface area contributed by atoms with Gasteiger partial charge in [-0.2, -0.15) is 0 Å². The van der Waals surface area contributed by atoms with Gasteiger partial charge in [-0.3, -0.25) is 14.4 Å². The number of ether oxygens (including phenoxy) is 3. The summed E-state index contributed by atoms with van der Waals surface area (Å²) in [4.78, 5) is 33.8. The van der Waals surface area contributed by atoms with Gasteiger partial charge in [0, 0.05) is 24.6 Å². The summed E-state index contributed by atoms with van der Waals surface area (Å²) in [6.07, 6.45) is 1.37. The van der Waals surface area contributed by atoms with Gasteiger partial charge in [0.1, 0.15) is 17.3 Å². The summed E-state index contributed by atoms with van der Waals surface area (Å²) in [7, 11) is 0. The fourth-order valence-electron chi connectivity index (χ4n) is 3.46. The number of fused-ring (bicyclic) bond motifs is 1. The number of halogens is 1. The number of para-hydroxylation sites is 1. The highest BCUT2D eigenvalue weighted by Crippen LogP contribution is 2.26. The van der Waals surface area contributed by atoms with Crippen LogP contribution in [0.1, 0.15) is 74.7 Å². The van der Waals surface area contributed by atoms with Crippen LogP contribution in [0.25, 0.3) is 10.8 Å². The zero-order valence-corrected chi connectivity index (χ0v) is 26.3. The van der Waals surface area contributed by atoms with E-state index in [-0.39, 0.29) is 29.6 Å². The molecule has 0 heterocycles. The average molecular weight is 583 g/mol. The van der Waals surface area contributed by atoms with E-state index in [1.165, 1.54) is 12.1 Å². The van der Waals surface area contributed by atoms with Crippen LogP contribution in [0.5, 0.6) is 11.5 Å². The second kappa shape index (κ2) is 19.4. The fraction of sp³-hybridized carbons (Fsp3) is 0.457. The topological polar surface area (TPSA) is 78.9 Å². The van der Waals surface area contributed by atoms with Gasteiger partial charge in [0.05, 0.1) is 6.61 Å². The Labute approximate surface area is 250 Å². The van der Waals surface area contributed by atoms with Gasteiger partial charge in [-0.05, 0) is 65.5 Å². The van der Waals surface area contributed by atoms with Crippen molar-refractivity contribution in [3.63, 3.8) is 0 Å². The number of carbonyl (C=O) groups excluding carboxylic acids is 3. The molecule has 7 heteroatoms. The first-order chi connectivity index (χ1) is 19.8. The second-order valence-corrected chi connectivity index (χ2v) is 11.8. The van der Waals surface area contributed by atoms with E-state index in [1.54, 1.807) is 36.4 Å². The largest absolute Gasteiger partial charge is 0.465 e. The van der Waals surface area contributed by atoms with Crippen molar-refractivity contribution in [2.75, 3.05) is 6.61 Å². The Balaban J connectivity index is 0.000000328. The number of esters is 3. The summed E-state index contributed by atoms with van der Waals surface area (Å²) in [5.74, 6) is 1.73. The first-order valence-corrected chi connectivity index (χ1v) is 14.6. The molecule has 0 aliphatic heterocycles. The molecule has 0 amide bonds. The third kappa shape index (κ3) is 16.5.